The van der Waals surface area contributed by atoms with E-state index in [-0.39, 0.29) is 42.1 Å². The van der Waals surface area contributed by atoms with E-state index in [0.29, 0.717) is 28.1 Å². The van der Waals surface area contributed by atoms with Crippen LogP contribution in [0.5, 0.6) is 0 Å². The molecular formula is C16H18Cl2F3IN4OS. The van der Waals surface area contributed by atoms with Crippen LogP contribution in [0.25, 0.3) is 0 Å². The van der Waals surface area contributed by atoms with Crippen LogP contribution < -0.4 is 10.6 Å². The maximum absolute atomic E-state index is 12.6. The lowest BCUT2D eigenvalue weighted by molar-refractivity contribution is -0.140. The zero-order valence-corrected chi connectivity index (χ0v) is 19.2. The minimum atomic E-state index is -4.47. The van der Waals surface area contributed by atoms with Gasteiger partial charge in [0.15, 0.2) is 11.7 Å². The summed E-state index contributed by atoms with van der Waals surface area (Å²) in [5.41, 5.74) is -0.394. The maximum atomic E-state index is 12.6. The van der Waals surface area contributed by atoms with Crippen LogP contribution in [0.1, 0.15) is 29.3 Å². The summed E-state index contributed by atoms with van der Waals surface area (Å²) < 4.78 is 37.8. The van der Waals surface area contributed by atoms with E-state index in [4.69, 9.17) is 23.2 Å². The van der Waals surface area contributed by atoms with Crippen LogP contribution >= 0.6 is 58.5 Å². The number of thiazole rings is 1. The van der Waals surface area contributed by atoms with E-state index in [2.05, 4.69) is 20.6 Å². The topological polar surface area (TPSA) is 69.5 Å². The minimum absolute atomic E-state index is 0. The fraction of sp³-hybridized carbons (Fsp3) is 0.375. The second kappa shape index (κ2) is 11.4. The maximum Gasteiger partial charge on any atom is 0.434 e. The van der Waals surface area contributed by atoms with Crippen LogP contribution in [0.15, 0.2) is 28.6 Å². The lowest BCUT2D eigenvalue weighted by Gasteiger charge is -2.16. The normalized spacial score (nSPS) is 13.0. The summed E-state index contributed by atoms with van der Waals surface area (Å²) in [7, 11) is 0. The van der Waals surface area contributed by atoms with Gasteiger partial charge in [-0.2, -0.15) is 13.2 Å². The molecule has 1 unspecified atom stereocenters. The van der Waals surface area contributed by atoms with Gasteiger partial charge in [-0.15, -0.1) is 35.3 Å². The van der Waals surface area contributed by atoms with Gasteiger partial charge in [0.1, 0.15) is 5.01 Å². The second-order valence-electron chi connectivity index (χ2n) is 5.42. The summed E-state index contributed by atoms with van der Waals surface area (Å²) in [4.78, 5) is 7.72. The van der Waals surface area contributed by atoms with Gasteiger partial charge in [0.05, 0.1) is 12.6 Å². The molecule has 1 aromatic heterocycles. The molecule has 0 amide bonds. The first kappa shape index (κ1) is 25.2. The SMILES string of the molecule is CCNC(=NCc1nc(C(F)(F)F)cs1)NCC(O)c1cc(Cl)cc(Cl)c1.I. The Morgan fingerprint density at radius 1 is 1.25 bits per heavy atom. The van der Waals surface area contributed by atoms with Crippen molar-refractivity contribution in [2.24, 2.45) is 4.99 Å². The molecule has 1 atom stereocenters. The number of nitrogens with zero attached hydrogens (tertiary/aromatic N) is 2. The molecule has 0 aliphatic rings. The molecule has 1 heterocycles. The van der Waals surface area contributed by atoms with Crippen molar-refractivity contribution in [2.45, 2.75) is 25.7 Å². The standard InChI is InChI=1S/C16H17Cl2F3N4OS.HI/c1-2-22-15(24-7-14-25-13(8-27-14)16(19,20)21)23-6-12(26)9-3-10(17)5-11(18)4-9;/h3-5,8,12,26H,2,6-7H2,1H3,(H2,22,23,24);1H. The molecule has 1 aromatic carbocycles. The number of aliphatic hydroxyl groups is 1. The highest BCUT2D eigenvalue weighted by Crippen LogP contribution is 2.30. The van der Waals surface area contributed by atoms with Gasteiger partial charge >= 0.3 is 6.18 Å². The molecule has 156 valence electrons. The molecular weight excluding hydrogens is 551 g/mol. The number of guanidine groups is 1. The average molecular weight is 569 g/mol. The highest BCUT2D eigenvalue weighted by atomic mass is 127. The van der Waals surface area contributed by atoms with Crippen molar-refractivity contribution >= 4 is 64.5 Å². The Bertz CT molecular complexity index is 784. The van der Waals surface area contributed by atoms with Gasteiger partial charge in [-0.1, -0.05) is 23.2 Å². The summed E-state index contributed by atoms with van der Waals surface area (Å²) in [6.07, 6.45) is -5.37. The summed E-state index contributed by atoms with van der Waals surface area (Å²) in [5, 5.41) is 18.1. The van der Waals surface area contributed by atoms with Crippen molar-refractivity contribution in [1.82, 2.24) is 15.6 Å². The van der Waals surface area contributed by atoms with Crippen LogP contribution in [0.2, 0.25) is 10.0 Å². The fourth-order valence-electron chi connectivity index (χ4n) is 2.08. The molecule has 0 radical (unpaired) electrons. The molecule has 0 saturated carbocycles. The molecule has 0 spiro atoms. The molecule has 3 N–H and O–H groups in total. The van der Waals surface area contributed by atoms with Gasteiger partial charge in [-0.25, -0.2) is 9.98 Å². The van der Waals surface area contributed by atoms with E-state index in [0.717, 1.165) is 16.7 Å². The minimum Gasteiger partial charge on any atom is -0.387 e. The van der Waals surface area contributed by atoms with Crippen LogP contribution in [-0.2, 0) is 12.7 Å². The van der Waals surface area contributed by atoms with Gasteiger partial charge in [0.2, 0.25) is 0 Å². The number of alkyl halides is 3. The van der Waals surface area contributed by atoms with Gasteiger partial charge < -0.3 is 15.7 Å². The van der Waals surface area contributed by atoms with Gasteiger partial charge in [-0.05, 0) is 30.7 Å². The molecule has 0 bridgehead atoms. The van der Waals surface area contributed by atoms with E-state index in [1.807, 2.05) is 6.92 Å². The molecule has 2 rings (SSSR count). The number of halogens is 6. The van der Waals surface area contributed by atoms with E-state index in [1.54, 1.807) is 18.2 Å². The molecule has 28 heavy (non-hydrogen) atoms. The Balaban J connectivity index is 0.00000392. The predicted octanol–water partition coefficient (Wildman–Crippen LogP) is 4.88. The van der Waals surface area contributed by atoms with Crippen molar-refractivity contribution in [3.05, 3.63) is 49.9 Å². The first-order valence-corrected chi connectivity index (χ1v) is 9.50. The third-order valence-corrected chi connectivity index (χ3v) is 4.56. The Morgan fingerprint density at radius 2 is 1.89 bits per heavy atom. The third kappa shape index (κ3) is 7.90. The zero-order valence-electron chi connectivity index (χ0n) is 14.6. The Labute approximate surface area is 191 Å². The smallest absolute Gasteiger partial charge is 0.387 e. The van der Waals surface area contributed by atoms with Crippen molar-refractivity contribution in [3.63, 3.8) is 0 Å². The highest BCUT2D eigenvalue weighted by Gasteiger charge is 2.33. The van der Waals surface area contributed by atoms with Crippen molar-refractivity contribution in [3.8, 4) is 0 Å². The number of rotatable bonds is 6. The number of benzene rings is 1. The predicted molar refractivity (Wildman–Crippen MR) is 117 cm³/mol. The first-order valence-electron chi connectivity index (χ1n) is 7.87. The molecule has 0 aliphatic heterocycles. The van der Waals surface area contributed by atoms with Crippen LogP contribution in [-0.4, -0.2) is 29.1 Å². The zero-order chi connectivity index (χ0) is 20.0. The summed E-state index contributed by atoms with van der Waals surface area (Å²) >= 11 is 12.7. The average Bonchev–Trinajstić information content (AvgIpc) is 3.05. The van der Waals surface area contributed by atoms with E-state index < -0.39 is 18.0 Å². The number of nitrogens with one attached hydrogen (secondary N) is 2. The van der Waals surface area contributed by atoms with Gasteiger partial charge in [0, 0.05) is 28.5 Å². The monoisotopic (exact) mass is 568 g/mol. The molecule has 0 aliphatic carbocycles. The highest BCUT2D eigenvalue weighted by molar-refractivity contribution is 14.0. The van der Waals surface area contributed by atoms with E-state index in [9.17, 15) is 18.3 Å². The summed E-state index contributed by atoms with van der Waals surface area (Å²) in [6, 6.07) is 4.75. The number of hydrogen-bond acceptors (Lipinski definition) is 4. The second-order valence-corrected chi connectivity index (χ2v) is 7.23. The van der Waals surface area contributed by atoms with Crippen LogP contribution in [0.4, 0.5) is 13.2 Å². The van der Waals surface area contributed by atoms with E-state index in [1.165, 1.54) is 0 Å². The molecule has 0 saturated heterocycles. The molecule has 2 aromatic rings. The fourth-order valence-corrected chi connectivity index (χ4v) is 3.35. The Morgan fingerprint density at radius 3 is 2.43 bits per heavy atom. The van der Waals surface area contributed by atoms with Crippen molar-refractivity contribution in [2.75, 3.05) is 13.1 Å². The first-order chi connectivity index (χ1) is 12.7. The lowest BCUT2D eigenvalue weighted by Crippen LogP contribution is -2.39. The van der Waals surface area contributed by atoms with Crippen LogP contribution in [0.3, 0.4) is 0 Å². The number of aromatic nitrogens is 1. The summed E-state index contributed by atoms with van der Waals surface area (Å²) in [6.45, 7) is 2.47. The molecule has 0 fully saturated rings. The molecule has 12 heteroatoms. The largest absolute Gasteiger partial charge is 0.434 e. The number of aliphatic hydroxyl groups excluding tert-OH is 1. The quantitative estimate of drug-likeness (QED) is 0.264. The number of hydrogen-bond donors (Lipinski definition) is 3. The van der Waals surface area contributed by atoms with Crippen molar-refractivity contribution in [1.29, 1.82) is 0 Å². The van der Waals surface area contributed by atoms with E-state index >= 15 is 0 Å². The lowest BCUT2D eigenvalue weighted by atomic mass is 10.1. The summed E-state index contributed by atoms with van der Waals surface area (Å²) in [5.74, 6) is 0.341. The van der Waals surface area contributed by atoms with Gasteiger partial charge in [-0.3, -0.25) is 0 Å². The Kier molecular flexibility index (Phi) is 10.3. The van der Waals surface area contributed by atoms with Gasteiger partial charge in [0.25, 0.3) is 0 Å². The Hall–Kier alpha value is -0.820. The van der Waals surface area contributed by atoms with Crippen LogP contribution in [0, 0.1) is 0 Å². The van der Waals surface area contributed by atoms with Crippen molar-refractivity contribution < 1.29 is 18.3 Å². The number of aliphatic imine (C=N–C) groups is 1. The third-order valence-electron chi connectivity index (χ3n) is 3.29. The molecule has 5 nitrogen and oxygen atoms in total.